The van der Waals surface area contributed by atoms with Crippen LogP contribution >= 0.6 is 15.9 Å². The van der Waals surface area contributed by atoms with Crippen molar-refractivity contribution in [3.05, 3.63) is 75.9 Å². The molecular weight excluding hydrogens is 392 g/mol. The highest BCUT2D eigenvalue weighted by molar-refractivity contribution is 9.10. The molecule has 3 aromatic rings. The van der Waals surface area contributed by atoms with Crippen LogP contribution in [0.2, 0.25) is 0 Å². The van der Waals surface area contributed by atoms with Gasteiger partial charge in [-0.3, -0.25) is 4.79 Å². The third-order valence-corrected chi connectivity index (χ3v) is 5.02. The summed E-state index contributed by atoms with van der Waals surface area (Å²) in [6.07, 6.45) is 0. The van der Waals surface area contributed by atoms with Gasteiger partial charge in [-0.1, -0.05) is 46.3 Å². The number of rotatable bonds is 5. The van der Waals surface area contributed by atoms with E-state index >= 15 is 0 Å². The van der Waals surface area contributed by atoms with E-state index in [-0.39, 0.29) is 5.91 Å². The summed E-state index contributed by atoms with van der Waals surface area (Å²) < 4.78 is 8.36. The maximum atomic E-state index is 12.7. The molecule has 0 spiro atoms. The van der Waals surface area contributed by atoms with Crippen molar-refractivity contribution in [2.24, 2.45) is 7.05 Å². The molecule has 0 saturated carbocycles. The molecule has 0 fully saturated rings. The van der Waals surface area contributed by atoms with Gasteiger partial charge < -0.3 is 14.6 Å². The zero-order valence-corrected chi connectivity index (χ0v) is 16.6. The van der Waals surface area contributed by atoms with Gasteiger partial charge in [0, 0.05) is 35.0 Å². The summed E-state index contributed by atoms with van der Waals surface area (Å²) in [6.45, 7) is 2.36. The third kappa shape index (κ3) is 3.68. The molecule has 2 aromatic carbocycles. The van der Waals surface area contributed by atoms with Crippen molar-refractivity contribution in [3.8, 4) is 17.0 Å². The molecule has 134 valence electrons. The van der Waals surface area contributed by atoms with Crippen LogP contribution in [0.3, 0.4) is 0 Å². The molecule has 1 amide bonds. The Balaban J connectivity index is 1.82. The number of halogens is 1. The molecule has 0 unspecified atom stereocenters. The highest BCUT2D eigenvalue weighted by atomic mass is 79.9. The lowest BCUT2D eigenvalue weighted by Crippen LogP contribution is -2.23. The van der Waals surface area contributed by atoms with Crippen LogP contribution in [0.5, 0.6) is 5.75 Å². The van der Waals surface area contributed by atoms with E-state index < -0.39 is 0 Å². The van der Waals surface area contributed by atoms with Crippen LogP contribution in [-0.2, 0) is 13.6 Å². The fourth-order valence-corrected chi connectivity index (χ4v) is 3.38. The maximum Gasteiger partial charge on any atom is 0.253 e. The number of amides is 1. The number of hydrogen-bond acceptors (Lipinski definition) is 2. The van der Waals surface area contributed by atoms with Gasteiger partial charge in [0.2, 0.25) is 0 Å². The summed E-state index contributed by atoms with van der Waals surface area (Å²) >= 11 is 3.46. The number of benzene rings is 2. The maximum absolute atomic E-state index is 12.7. The van der Waals surface area contributed by atoms with E-state index in [1.54, 1.807) is 7.11 Å². The molecule has 0 saturated heterocycles. The summed E-state index contributed by atoms with van der Waals surface area (Å²) in [6, 6.07) is 17.8. The van der Waals surface area contributed by atoms with Crippen molar-refractivity contribution < 1.29 is 9.53 Å². The standard InChI is InChI=1S/C21H21BrN2O2/c1-14-18(12-19(24(14)2)15-7-5-4-6-8-15)21(25)23-13-16-11-17(22)9-10-20(16)26-3/h4-12H,13H2,1-3H3,(H,23,25). The second-order valence-corrected chi connectivity index (χ2v) is 7.01. The summed E-state index contributed by atoms with van der Waals surface area (Å²) in [5.74, 6) is 0.658. The number of aromatic nitrogens is 1. The quantitative estimate of drug-likeness (QED) is 0.659. The lowest BCUT2D eigenvalue weighted by molar-refractivity contribution is 0.0950. The first-order valence-corrected chi connectivity index (χ1v) is 9.13. The van der Waals surface area contributed by atoms with Gasteiger partial charge in [0.1, 0.15) is 5.75 Å². The first-order valence-electron chi connectivity index (χ1n) is 8.33. The predicted octanol–water partition coefficient (Wildman–Crippen LogP) is 4.70. The van der Waals surface area contributed by atoms with E-state index in [2.05, 4.69) is 21.2 Å². The summed E-state index contributed by atoms with van der Waals surface area (Å²) in [7, 11) is 3.60. The molecule has 0 aliphatic carbocycles. The zero-order valence-electron chi connectivity index (χ0n) is 15.0. The number of methoxy groups -OCH3 is 1. The van der Waals surface area contributed by atoms with Crippen LogP contribution in [-0.4, -0.2) is 17.6 Å². The van der Waals surface area contributed by atoms with Crippen molar-refractivity contribution in [3.63, 3.8) is 0 Å². The third-order valence-electron chi connectivity index (χ3n) is 4.53. The molecule has 1 N–H and O–H groups in total. The first kappa shape index (κ1) is 18.3. The van der Waals surface area contributed by atoms with Gasteiger partial charge in [-0.15, -0.1) is 0 Å². The van der Waals surface area contributed by atoms with E-state index in [0.717, 1.165) is 32.7 Å². The fourth-order valence-electron chi connectivity index (χ4n) is 2.97. The summed E-state index contributed by atoms with van der Waals surface area (Å²) in [4.78, 5) is 12.7. The zero-order chi connectivity index (χ0) is 18.7. The highest BCUT2D eigenvalue weighted by Crippen LogP contribution is 2.26. The molecule has 3 rings (SSSR count). The van der Waals surface area contributed by atoms with Gasteiger partial charge >= 0.3 is 0 Å². The average molecular weight is 413 g/mol. The molecule has 0 radical (unpaired) electrons. The minimum Gasteiger partial charge on any atom is -0.496 e. The SMILES string of the molecule is COc1ccc(Br)cc1CNC(=O)c1cc(-c2ccccc2)n(C)c1C. The van der Waals surface area contributed by atoms with E-state index in [9.17, 15) is 4.79 Å². The Kier molecular flexibility index (Phi) is 5.47. The normalized spacial score (nSPS) is 10.6. The molecule has 0 bridgehead atoms. The Morgan fingerprint density at radius 1 is 1.15 bits per heavy atom. The molecule has 0 atom stereocenters. The monoisotopic (exact) mass is 412 g/mol. The van der Waals surface area contributed by atoms with Gasteiger partial charge in [0.25, 0.3) is 5.91 Å². The predicted molar refractivity (Wildman–Crippen MR) is 107 cm³/mol. The van der Waals surface area contributed by atoms with Crippen LogP contribution in [0.15, 0.2) is 59.1 Å². The summed E-state index contributed by atoms with van der Waals surface area (Å²) in [5, 5.41) is 3.00. The van der Waals surface area contributed by atoms with Crippen molar-refractivity contribution in [2.75, 3.05) is 7.11 Å². The lowest BCUT2D eigenvalue weighted by Gasteiger charge is -2.10. The smallest absolute Gasteiger partial charge is 0.253 e. The van der Waals surface area contributed by atoms with E-state index in [4.69, 9.17) is 4.74 Å². The van der Waals surface area contributed by atoms with Crippen molar-refractivity contribution in [2.45, 2.75) is 13.5 Å². The fraction of sp³-hybridized carbons (Fsp3) is 0.190. The summed E-state index contributed by atoms with van der Waals surface area (Å²) in [5.41, 5.74) is 4.65. The van der Waals surface area contributed by atoms with Crippen LogP contribution in [0.25, 0.3) is 11.3 Å². The molecule has 1 aromatic heterocycles. The second kappa shape index (κ2) is 7.79. The highest BCUT2D eigenvalue weighted by Gasteiger charge is 2.17. The number of hydrogen-bond donors (Lipinski definition) is 1. The average Bonchev–Trinajstić information content (AvgIpc) is 2.96. The van der Waals surface area contributed by atoms with Crippen LogP contribution in [0.4, 0.5) is 0 Å². The number of carbonyl (C=O) groups is 1. The Morgan fingerprint density at radius 3 is 2.58 bits per heavy atom. The lowest BCUT2D eigenvalue weighted by atomic mass is 10.1. The molecule has 26 heavy (non-hydrogen) atoms. The minimum atomic E-state index is -0.0951. The number of ether oxygens (including phenoxy) is 1. The van der Waals surface area contributed by atoms with Crippen LogP contribution < -0.4 is 10.1 Å². The van der Waals surface area contributed by atoms with Crippen LogP contribution in [0, 0.1) is 6.92 Å². The molecule has 1 heterocycles. The van der Waals surface area contributed by atoms with E-state index in [1.165, 1.54) is 0 Å². The topological polar surface area (TPSA) is 43.3 Å². The first-order chi connectivity index (χ1) is 12.5. The van der Waals surface area contributed by atoms with Gasteiger partial charge in [0.05, 0.1) is 12.7 Å². The van der Waals surface area contributed by atoms with Crippen molar-refractivity contribution in [1.82, 2.24) is 9.88 Å². The number of nitrogens with zero attached hydrogens (tertiary/aromatic N) is 1. The van der Waals surface area contributed by atoms with Gasteiger partial charge in [-0.2, -0.15) is 0 Å². The molecule has 0 aliphatic rings. The van der Waals surface area contributed by atoms with E-state index in [1.807, 2.05) is 73.1 Å². The number of nitrogens with one attached hydrogen (secondary N) is 1. The Morgan fingerprint density at radius 2 is 1.88 bits per heavy atom. The Labute approximate surface area is 161 Å². The second-order valence-electron chi connectivity index (χ2n) is 6.09. The molecule has 4 nitrogen and oxygen atoms in total. The Hall–Kier alpha value is -2.53. The van der Waals surface area contributed by atoms with Gasteiger partial charge in [-0.25, -0.2) is 0 Å². The number of carbonyl (C=O) groups excluding carboxylic acids is 1. The molecular formula is C21H21BrN2O2. The largest absolute Gasteiger partial charge is 0.496 e. The molecule has 0 aliphatic heterocycles. The van der Waals surface area contributed by atoms with Gasteiger partial charge in [0.15, 0.2) is 0 Å². The van der Waals surface area contributed by atoms with Gasteiger partial charge in [-0.05, 0) is 36.8 Å². The van der Waals surface area contributed by atoms with Crippen molar-refractivity contribution >= 4 is 21.8 Å². The van der Waals surface area contributed by atoms with Crippen molar-refractivity contribution in [1.29, 1.82) is 0 Å². The van der Waals surface area contributed by atoms with Crippen LogP contribution in [0.1, 0.15) is 21.6 Å². The van der Waals surface area contributed by atoms with E-state index in [0.29, 0.717) is 12.1 Å². The minimum absolute atomic E-state index is 0.0951. The molecule has 5 heteroatoms. The Bertz CT molecular complexity index is 933.